The number of hydrogen-bond donors (Lipinski definition) is 1. The molecule has 1 fully saturated rings. The van der Waals surface area contributed by atoms with Crippen molar-refractivity contribution in [1.29, 1.82) is 0 Å². The van der Waals surface area contributed by atoms with Gasteiger partial charge in [-0.3, -0.25) is 4.79 Å². The number of benzene rings is 1. The number of aryl methyl sites for hydroxylation is 1. The zero-order valence-corrected chi connectivity index (χ0v) is 17.6. The second-order valence-electron chi connectivity index (χ2n) is 7.59. The van der Waals surface area contributed by atoms with Crippen molar-refractivity contribution < 1.29 is 17.9 Å². The van der Waals surface area contributed by atoms with Crippen LogP contribution in [0.25, 0.3) is 11.0 Å². The number of ether oxygens (including phenoxy) is 1. The van der Waals surface area contributed by atoms with Gasteiger partial charge in [0, 0.05) is 30.3 Å². The van der Waals surface area contributed by atoms with Crippen LogP contribution < -0.4 is 10.1 Å². The maximum absolute atomic E-state index is 13.2. The molecule has 0 saturated heterocycles. The Morgan fingerprint density at radius 3 is 2.67 bits per heavy atom. The van der Waals surface area contributed by atoms with E-state index in [0.29, 0.717) is 17.0 Å². The van der Waals surface area contributed by atoms with Gasteiger partial charge in [-0.25, -0.2) is 8.42 Å². The number of carbonyl (C=O) groups is 1. The number of hydrogen-bond acceptors (Lipinski definition) is 5. The van der Waals surface area contributed by atoms with Gasteiger partial charge in [0.2, 0.25) is 5.88 Å². The van der Waals surface area contributed by atoms with E-state index in [0.717, 1.165) is 29.9 Å². The molecule has 30 heavy (non-hydrogen) atoms. The van der Waals surface area contributed by atoms with Crippen LogP contribution in [0.5, 0.6) is 11.6 Å². The summed E-state index contributed by atoms with van der Waals surface area (Å²) in [6.07, 6.45) is 6.45. The number of carbonyl (C=O) groups excluding carboxylic acids is 1. The first-order valence-corrected chi connectivity index (χ1v) is 11.6. The molecule has 0 radical (unpaired) electrons. The molecule has 1 aromatic carbocycles. The second-order valence-corrected chi connectivity index (χ2v) is 9.52. The lowest BCUT2D eigenvalue weighted by Gasteiger charge is -2.16. The normalized spacial score (nSPS) is 15.4. The summed E-state index contributed by atoms with van der Waals surface area (Å²) in [6, 6.07) is 12.4. The summed E-state index contributed by atoms with van der Waals surface area (Å²) in [6.45, 7) is 0. The summed E-state index contributed by atoms with van der Waals surface area (Å²) >= 11 is 0. The van der Waals surface area contributed by atoms with E-state index < -0.39 is 9.84 Å². The standard InChI is InChI=1S/C22H23N3O4S/c1-25-12-10-16-14-18(22(24-20(16)25)29-17-6-4-3-5-7-17)21(26)23-19(15-8-9-15)11-13-30(2,27)28/h3-7,10-15,19H,8-9H2,1-2H3,(H,23,26)/b13-11+/t19-/m1/s1. The minimum Gasteiger partial charge on any atom is -0.438 e. The fourth-order valence-corrected chi connectivity index (χ4v) is 3.70. The van der Waals surface area contributed by atoms with Crippen LogP contribution in [0.2, 0.25) is 0 Å². The van der Waals surface area contributed by atoms with Crippen LogP contribution >= 0.6 is 0 Å². The minimum atomic E-state index is -3.27. The van der Waals surface area contributed by atoms with Crippen molar-refractivity contribution in [2.75, 3.05) is 6.26 Å². The molecule has 8 heteroatoms. The predicted octanol–water partition coefficient (Wildman–Crippen LogP) is 3.43. The molecule has 1 aliphatic rings. The van der Waals surface area contributed by atoms with E-state index in [-0.39, 0.29) is 23.7 Å². The Kier molecular flexibility index (Phi) is 5.34. The molecule has 0 unspecified atom stereocenters. The Morgan fingerprint density at radius 1 is 1.27 bits per heavy atom. The average Bonchev–Trinajstić information content (AvgIpc) is 3.49. The molecule has 156 valence electrons. The summed E-state index contributed by atoms with van der Waals surface area (Å²) in [5.74, 6) is 0.658. The fraction of sp³-hybridized carbons (Fsp3) is 0.273. The quantitative estimate of drug-likeness (QED) is 0.626. The lowest BCUT2D eigenvalue weighted by Crippen LogP contribution is -2.35. The molecule has 3 aromatic rings. The fourth-order valence-electron chi connectivity index (χ4n) is 3.25. The van der Waals surface area contributed by atoms with Crippen LogP contribution in [0.1, 0.15) is 23.2 Å². The number of rotatable bonds is 7. The molecule has 0 bridgehead atoms. The van der Waals surface area contributed by atoms with Gasteiger partial charge in [-0.15, -0.1) is 0 Å². The zero-order chi connectivity index (χ0) is 21.3. The maximum atomic E-state index is 13.2. The van der Waals surface area contributed by atoms with E-state index in [4.69, 9.17) is 4.74 Å². The lowest BCUT2D eigenvalue weighted by atomic mass is 10.1. The minimum absolute atomic E-state index is 0.203. The van der Waals surface area contributed by atoms with Crippen LogP contribution in [0.15, 0.2) is 60.1 Å². The third-order valence-corrected chi connectivity index (χ3v) is 5.62. The summed E-state index contributed by atoms with van der Waals surface area (Å²) in [4.78, 5) is 17.7. The highest BCUT2D eigenvalue weighted by atomic mass is 32.2. The number of para-hydroxylation sites is 1. The van der Waals surface area contributed by atoms with Crippen molar-refractivity contribution in [1.82, 2.24) is 14.9 Å². The Labute approximate surface area is 175 Å². The monoisotopic (exact) mass is 425 g/mol. The first kappa shape index (κ1) is 20.2. The van der Waals surface area contributed by atoms with Crippen LogP contribution in [-0.4, -0.2) is 36.2 Å². The molecule has 0 aliphatic heterocycles. The zero-order valence-electron chi connectivity index (χ0n) is 16.8. The molecule has 1 amide bonds. The van der Waals surface area contributed by atoms with Gasteiger partial charge in [0.15, 0.2) is 9.84 Å². The summed E-state index contributed by atoms with van der Waals surface area (Å²) in [7, 11) is -1.40. The topological polar surface area (TPSA) is 90.3 Å². The summed E-state index contributed by atoms with van der Waals surface area (Å²) in [5, 5.41) is 4.91. The van der Waals surface area contributed by atoms with E-state index >= 15 is 0 Å². The number of pyridine rings is 1. The van der Waals surface area contributed by atoms with E-state index in [1.54, 1.807) is 24.3 Å². The van der Waals surface area contributed by atoms with E-state index in [1.807, 2.05) is 42.1 Å². The van der Waals surface area contributed by atoms with Gasteiger partial charge in [-0.1, -0.05) is 24.3 Å². The number of fused-ring (bicyclic) bond motifs is 1. The molecule has 2 aromatic heterocycles. The Morgan fingerprint density at radius 2 is 2.00 bits per heavy atom. The maximum Gasteiger partial charge on any atom is 0.257 e. The molecule has 1 aliphatic carbocycles. The molecular formula is C22H23N3O4S. The predicted molar refractivity (Wildman–Crippen MR) is 115 cm³/mol. The first-order chi connectivity index (χ1) is 14.3. The average molecular weight is 426 g/mol. The molecule has 1 saturated carbocycles. The highest BCUT2D eigenvalue weighted by Crippen LogP contribution is 2.34. The van der Waals surface area contributed by atoms with Crippen LogP contribution in [-0.2, 0) is 16.9 Å². The number of aromatic nitrogens is 2. The SMILES string of the molecule is Cn1ccc2cc(C(=O)N[C@H](/C=C/S(C)(=O)=O)C3CC3)c(Oc3ccccc3)nc21. The van der Waals surface area contributed by atoms with Crippen LogP contribution in [0.4, 0.5) is 0 Å². The molecule has 1 atom stereocenters. The third-order valence-electron chi connectivity index (χ3n) is 4.97. The smallest absolute Gasteiger partial charge is 0.257 e. The summed E-state index contributed by atoms with van der Waals surface area (Å²) < 4.78 is 30.8. The van der Waals surface area contributed by atoms with E-state index in [2.05, 4.69) is 10.3 Å². The van der Waals surface area contributed by atoms with Gasteiger partial charge in [-0.2, -0.15) is 4.98 Å². The molecule has 0 spiro atoms. The van der Waals surface area contributed by atoms with Gasteiger partial charge in [0.1, 0.15) is 17.0 Å². The Balaban J connectivity index is 1.68. The number of sulfone groups is 1. The van der Waals surface area contributed by atoms with Gasteiger partial charge in [0.25, 0.3) is 5.91 Å². The second kappa shape index (κ2) is 7.95. The lowest BCUT2D eigenvalue weighted by molar-refractivity contribution is 0.0938. The van der Waals surface area contributed by atoms with Crippen LogP contribution in [0.3, 0.4) is 0 Å². The van der Waals surface area contributed by atoms with Crippen molar-refractivity contribution in [2.45, 2.75) is 18.9 Å². The van der Waals surface area contributed by atoms with Crippen molar-refractivity contribution in [3.63, 3.8) is 0 Å². The van der Waals surface area contributed by atoms with Crippen molar-refractivity contribution in [3.05, 3.63) is 65.7 Å². The number of amides is 1. The van der Waals surface area contributed by atoms with Gasteiger partial charge in [-0.05, 0) is 43.0 Å². The highest BCUT2D eigenvalue weighted by molar-refractivity contribution is 7.93. The Bertz CT molecular complexity index is 1210. The van der Waals surface area contributed by atoms with Gasteiger partial charge < -0.3 is 14.6 Å². The van der Waals surface area contributed by atoms with Crippen molar-refractivity contribution >= 4 is 26.8 Å². The van der Waals surface area contributed by atoms with E-state index in [9.17, 15) is 13.2 Å². The number of nitrogens with zero attached hydrogens (tertiary/aromatic N) is 2. The molecular weight excluding hydrogens is 402 g/mol. The number of nitrogens with one attached hydrogen (secondary N) is 1. The van der Waals surface area contributed by atoms with Crippen molar-refractivity contribution in [2.24, 2.45) is 13.0 Å². The van der Waals surface area contributed by atoms with E-state index in [1.165, 1.54) is 0 Å². The Hall–Kier alpha value is -3.13. The van der Waals surface area contributed by atoms with Gasteiger partial charge >= 0.3 is 0 Å². The first-order valence-electron chi connectivity index (χ1n) is 9.68. The third kappa shape index (κ3) is 4.71. The molecule has 1 N–H and O–H groups in total. The largest absolute Gasteiger partial charge is 0.438 e. The summed E-state index contributed by atoms with van der Waals surface area (Å²) in [5.41, 5.74) is 1.00. The van der Waals surface area contributed by atoms with Crippen LogP contribution in [0, 0.1) is 5.92 Å². The molecule has 7 nitrogen and oxygen atoms in total. The van der Waals surface area contributed by atoms with Crippen molar-refractivity contribution in [3.8, 4) is 11.6 Å². The molecule has 4 rings (SSSR count). The highest BCUT2D eigenvalue weighted by Gasteiger charge is 2.32. The van der Waals surface area contributed by atoms with Gasteiger partial charge in [0.05, 0.1) is 6.04 Å². The molecule has 2 heterocycles.